The van der Waals surface area contributed by atoms with Crippen molar-refractivity contribution in [1.82, 2.24) is 31.9 Å². The zero-order valence-electron chi connectivity index (χ0n) is 78.4. The standard InChI is InChI=1S/C81H134N6O58/c1-19-43(104)55(116)58(119)75(127-19)125-18-36-64(51(112)38(70(122)128-36)83-21(3)97)138-72-40(85-23(5)99)53(114)62(33(15-94)133-72)139-76-59(120)66(49(110)35(136-76)17-126-78-68(56(117)46(107)29(11-90)131-78)142-73-41(86-24(6)100)52(113)61(32(14-93)134-73)137-71-39(84-22(4)98)50(111)45(106)28(10-89)129-71)141-79-69(57(118)47(108)30(12-91)132-79)143-74-42(87-25(7)101)54(115)63(34(16-95)135-74)140-77-60(121)67(48(109)31(13-92)130-77)145-81(80(123)124)8-26(102)37(82-20(2)96)65(144-81)44(105)27(103)9-88/h19,26-79,88-95,102-122H,8-18H2,1-7H3,(H,82,96)(H,83,97)(H,84,98)(H,85,99)(H,86,100)(H,87,101)(H,123,124)/t19-,26-,27+,28+,29+,30+,31+,32+,33+,34+,35+,36+,37+,38+,39+,40+,41+,42-,43+,44+,45-,46+,47+,48-,49+,50+,51+,52+,53+,54+,55+,56-,57-,58-,59-,60+,61+,62+,63+,64+,65+,66-,67-,68-,69-,70+,71-,72-,73-,74-,75+,76-,77-,78-,79+,81-/m0/s1. The topological polar surface area (TPSA) is 992 Å². The van der Waals surface area contributed by atoms with Crippen LogP contribution in [0.5, 0.6) is 0 Å². The predicted octanol–water partition coefficient (Wildman–Crippen LogP) is -23.9. The first kappa shape index (κ1) is 120. The number of aliphatic hydroxyl groups excluding tert-OH is 29. The highest BCUT2D eigenvalue weighted by Crippen LogP contribution is 2.44. The van der Waals surface area contributed by atoms with Crippen LogP contribution in [0.15, 0.2) is 0 Å². The van der Waals surface area contributed by atoms with Gasteiger partial charge in [-0.25, -0.2) is 4.79 Å². The lowest BCUT2D eigenvalue weighted by atomic mass is 9.88. The van der Waals surface area contributed by atoms with Gasteiger partial charge in [-0.15, -0.1) is 0 Å². The maximum Gasteiger partial charge on any atom is 0.364 e. The van der Waals surface area contributed by atoms with E-state index in [9.17, 15) is 187 Å². The highest BCUT2D eigenvalue weighted by Gasteiger charge is 2.65. The van der Waals surface area contributed by atoms with Crippen molar-refractivity contribution in [2.75, 3.05) is 66.1 Å². The van der Waals surface area contributed by atoms with Gasteiger partial charge in [0.25, 0.3) is 5.79 Å². The van der Waals surface area contributed by atoms with E-state index in [0.29, 0.717) is 0 Å². The molecular weight excluding hydrogens is 1980 g/mol. The van der Waals surface area contributed by atoms with E-state index in [1.165, 1.54) is 6.92 Å². The molecule has 64 nitrogen and oxygen atoms in total. The minimum atomic E-state index is -3.35. The summed E-state index contributed by atoms with van der Waals surface area (Å²) in [5.41, 5.74) is 0. The number of hydrogen-bond donors (Lipinski definition) is 36. The number of carbonyl (C=O) groups is 7. The highest BCUT2D eigenvalue weighted by atomic mass is 16.8. The van der Waals surface area contributed by atoms with Gasteiger partial charge in [0, 0.05) is 48.0 Å². The second kappa shape index (κ2) is 51.8. The van der Waals surface area contributed by atoms with Crippen LogP contribution < -0.4 is 31.9 Å². The van der Waals surface area contributed by atoms with Gasteiger partial charge in [0.15, 0.2) is 62.9 Å². The Bertz CT molecular complexity index is 4150. The van der Waals surface area contributed by atoms with Crippen molar-refractivity contribution >= 4 is 41.4 Å². The fraction of sp³-hybridized carbons (Fsp3) is 0.914. The van der Waals surface area contributed by atoms with E-state index in [-0.39, 0.29) is 0 Å². The van der Waals surface area contributed by atoms with E-state index in [4.69, 9.17) is 99.5 Å². The molecule has 0 aromatic rings. The highest BCUT2D eigenvalue weighted by molar-refractivity contribution is 5.77. The Morgan fingerprint density at radius 2 is 0.614 bits per heavy atom. The number of carbonyl (C=O) groups excluding carboxylic acids is 6. The summed E-state index contributed by atoms with van der Waals surface area (Å²) < 4.78 is 126. The fourth-order valence-electron chi connectivity index (χ4n) is 18.8. The van der Waals surface area contributed by atoms with Gasteiger partial charge in [0.2, 0.25) is 35.4 Å². The average Bonchev–Trinajstić information content (AvgIpc) is 0.758. The van der Waals surface area contributed by atoms with Crippen LogP contribution in [0.25, 0.3) is 0 Å². The maximum absolute atomic E-state index is 13.4. The van der Waals surface area contributed by atoms with Crippen molar-refractivity contribution in [2.45, 2.75) is 398 Å². The van der Waals surface area contributed by atoms with E-state index in [1.54, 1.807) is 0 Å². The largest absolute Gasteiger partial charge is 0.477 e. The molecule has 11 rings (SSSR count). The minimum absolute atomic E-state index is 0.834. The van der Waals surface area contributed by atoms with Gasteiger partial charge < -0.3 is 285 Å². The van der Waals surface area contributed by atoms with E-state index < -0.39 is 457 Å². The number of rotatable bonds is 39. The minimum Gasteiger partial charge on any atom is -0.477 e. The molecular formula is C81H134N6O58. The Morgan fingerprint density at radius 1 is 0.297 bits per heavy atom. The number of carboxylic acids is 1. The van der Waals surface area contributed by atoms with Crippen LogP contribution in [0, 0.1) is 0 Å². The average molecular weight is 2120 g/mol. The zero-order valence-corrected chi connectivity index (χ0v) is 78.4. The summed E-state index contributed by atoms with van der Waals surface area (Å²) >= 11 is 0. The molecule has 0 unspecified atom stereocenters. The number of aliphatic hydroxyl groups is 29. The molecule has 11 aliphatic rings. The molecule has 0 saturated carbocycles. The molecule has 11 aliphatic heterocycles. The molecule has 11 saturated heterocycles. The molecule has 64 heteroatoms. The normalized spacial score (nSPS) is 47.2. The summed E-state index contributed by atoms with van der Waals surface area (Å²) in [4.78, 5) is 90.6. The smallest absolute Gasteiger partial charge is 0.364 e. The van der Waals surface area contributed by atoms with Crippen LogP contribution in [0.1, 0.15) is 54.9 Å². The number of hydrogen-bond acceptors (Lipinski definition) is 57. The fourth-order valence-corrected chi connectivity index (χ4v) is 18.8. The van der Waals surface area contributed by atoms with Crippen LogP contribution in [0.2, 0.25) is 0 Å². The summed E-state index contributed by atoms with van der Waals surface area (Å²) in [5.74, 6) is -11.3. The van der Waals surface area contributed by atoms with E-state index in [1.807, 2.05) is 0 Å². The summed E-state index contributed by atoms with van der Waals surface area (Å²) in [5, 5.41) is 354. The number of carboxylic acid groups (broad SMARTS) is 1. The molecule has 0 spiro atoms. The lowest BCUT2D eigenvalue weighted by Crippen LogP contribution is -2.71. The van der Waals surface area contributed by atoms with Gasteiger partial charge >= 0.3 is 5.97 Å². The maximum atomic E-state index is 13.4. The lowest BCUT2D eigenvalue weighted by Gasteiger charge is -2.51. The van der Waals surface area contributed by atoms with Crippen molar-refractivity contribution < 1.29 is 286 Å². The van der Waals surface area contributed by atoms with Gasteiger partial charge in [-0.2, -0.15) is 0 Å². The van der Waals surface area contributed by atoms with Crippen molar-refractivity contribution in [3.05, 3.63) is 0 Å². The van der Waals surface area contributed by atoms with Gasteiger partial charge in [-0.3, -0.25) is 28.8 Å². The number of amides is 6. The molecule has 11 fully saturated rings. The summed E-state index contributed by atoms with van der Waals surface area (Å²) in [6, 6.07) is -11.6. The molecule has 0 aromatic heterocycles. The third kappa shape index (κ3) is 26.9. The van der Waals surface area contributed by atoms with E-state index in [0.717, 1.165) is 41.5 Å². The third-order valence-electron chi connectivity index (χ3n) is 26.3. The first-order chi connectivity index (χ1) is 68.4. The molecule has 836 valence electrons. The van der Waals surface area contributed by atoms with Gasteiger partial charge in [0.1, 0.15) is 256 Å². The van der Waals surface area contributed by atoms with Gasteiger partial charge in [-0.05, 0) is 6.92 Å². The second-order valence-corrected chi connectivity index (χ2v) is 36.7. The van der Waals surface area contributed by atoms with E-state index in [2.05, 4.69) is 31.9 Å². The van der Waals surface area contributed by atoms with Crippen LogP contribution in [0.3, 0.4) is 0 Å². The molecule has 0 aliphatic carbocycles. The molecule has 0 radical (unpaired) electrons. The molecule has 0 aromatic carbocycles. The zero-order chi connectivity index (χ0) is 107. The third-order valence-corrected chi connectivity index (χ3v) is 26.3. The van der Waals surface area contributed by atoms with Crippen molar-refractivity contribution in [1.29, 1.82) is 0 Å². The van der Waals surface area contributed by atoms with Crippen molar-refractivity contribution in [3.8, 4) is 0 Å². The Hall–Kier alpha value is -5.71. The first-order valence-corrected chi connectivity index (χ1v) is 46.1. The van der Waals surface area contributed by atoms with Gasteiger partial charge in [-0.1, -0.05) is 0 Å². The summed E-state index contributed by atoms with van der Waals surface area (Å²) in [6.45, 7) is -5.18. The van der Waals surface area contributed by atoms with Crippen LogP contribution in [-0.2, 0) is 133 Å². The molecule has 56 atom stereocenters. The van der Waals surface area contributed by atoms with Crippen molar-refractivity contribution in [3.63, 3.8) is 0 Å². The summed E-state index contributed by atoms with van der Waals surface area (Å²) in [6.07, 6.45) is -109. The Labute approximate surface area is 821 Å². The summed E-state index contributed by atoms with van der Waals surface area (Å²) in [7, 11) is 0. The number of aliphatic carboxylic acids is 1. The van der Waals surface area contributed by atoms with Crippen molar-refractivity contribution in [2.24, 2.45) is 0 Å². The van der Waals surface area contributed by atoms with Crippen LogP contribution in [-0.4, -0.2) is 604 Å². The first-order valence-electron chi connectivity index (χ1n) is 46.1. The quantitative estimate of drug-likeness (QED) is 0.0272. The lowest BCUT2D eigenvalue weighted by molar-refractivity contribution is -0.401. The number of ether oxygens (including phenoxy) is 21. The van der Waals surface area contributed by atoms with Crippen LogP contribution >= 0.6 is 0 Å². The predicted molar refractivity (Wildman–Crippen MR) is 448 cm³/mol. The van der Waals surface area contributed by atoms with Gasteiger partial charge in [0.05, 0.1) is 84.3 Å². The monoisotopic (exact) mass is 2120 g/mol. The van der Waals surface area contributed by atoms with E-state index >= 15 is 0 Å². The Balaban J connectivity index is 0.925. The van der Waals surface area contributed by atoms with Crippen LogP contribution in [0.4, 0.5) is 0 Å². The SMILES string of the molecule is CC(=O)N[C@@H]1[C@H](O[C@@H]2[C@@H](O[C@@H]3[C@H](O)[C@H](O[C@H]4[C@H](O)[C@@H](NC(C)=O)[C@H](O[C@H]5[C@H](O)[C@@H](NC(C)=O)[C@H](O)O[C@@H]5CO[C@@H]5O[C@@H](C)[C@@H](O)[C@@H](O)[C@@H]5O)O[C@@H]4CO)O[C@H](CO[C@H]4O[C@H](CO)[C@@H](O)[C@H](O)[C@@H]4O[C@@H]4O[C@H](CO)[C@@H](O[C@@H]5O[C@H](CO)[C@H](O)[C@H](O)[C@H]5NC(C)=O)[C@H](O)[C@H]4NC(C)=O)[C@H]3O)O[C@H](CO)[C@@H](O)[C@@H]2O)O[C@H](CO)[C@@H](O[C@@H]2O[C@H](CO)[C@H](O)[C@H](O[C@]3(C(=O)O)C[C@H](O)[C@@H](NC(C)=O)[C@H]([C@H](O)[C@H](O)CO)O3)[C@H]2O)[C@@H]1O. The number of nitrogens with one attached hydrogen (secondary N) is 6. The molecule has 11 heterocycles. The molecule has 145 heavy (non-hydrogen) atoms. The molecule has 36 N–H and O–H groups in total. The Morgan fingerprint density at radius 3 is 1.04 bits per heavy atom. The Kier molecular flexibility index (Phi) is 42.7. The molecule has 0 bridgehead atoms. The molecule has 6 amide bonds. The second-order valence-electron chi connectivity index (χ2n) is 36.7.